The van der Waals surface area contributed by atoms with Gasteiger partial charge in [0, 0.05) is 0 Å². The van der Waals surface area contributed by atoms with Crippen molar-refractivity contribution in [3.05, 3.63) is 0 Å². The van der Waals surface area contributed by atoms with Crippen LogP contribution in [-0.2, 0) is 9.53 Å². The van der Waals surface area contributed by atoms with Crippen LogP contribution in [0, 0.1) is 5.92 Å². The molecule has 0 radical (unpaired) electrons. The second-order valence-electron chi connectivity index (χ2n) is 5.20. The van der Waals surface area contributed by atoms with Crippen molar-refractivity contribution in [1.82, 2.24) is 5.32 Å². The van der Waals surface area contributed by atoms with Gasteiger partial charge >= 0.3 is 12.1 Å². The Morgan fingerprint density at radius 2 is 1.71 bits per heavy atom. The van der Waals surface area contributed by atoms with E-state index in [1.807, 2.05) is 0 Å². The number of alkyl carbamates (subject to hydrolysis) is 1. The van der Waals surface area contributed by atoms with E-state index in [1.165, 1.54) is 0 Å². The number of aliphatic hydroxyl groups is 1. The molecule has 0 aliphatic rings. The maximum Gasteiger partial charge on any atom is 0.407 e. The van der Waals surface area contributed by atoms with Crippen molar-refractivity contribution < 1.29 is 24.5 Å². The topological polar surface area (TPSA) is 95.9 Å². The number of ether oxygens (including phenoxy) is 1. The first-order chi connectivity index (χ1) is 7.54. The summed E-state index contributed by atoms with van der Waals surface area (Å²) in [6, 6.07) is -0.887. The fourth-order valence-electron chi connectivity index (χ4n) is 1.21. The average molecular weight is 247 g/mol. The standard InChI is InChI=1S/C11H21NO5/c1-6(2)7(8(13)9(14)15)12-10(16)17-11(3,4)5/h6-8,13H,1-5H3,(H,12,16)(H,14,15)/t7-,8?/m0/s1. The molecule has 0 aliphatic carbocycles. The number of carboxylic acids is 1. The quantitative estimate of drug-likeness (QED) is 0.688. The largest absolute Gasteiger partial charge is 0.479 e. The summed E-state index contributed by atoms with van der Waals surface area (Å²) in [5.74, 6) is -1.60. The summed E-state index contributed by atoms with van der Waals surface area (Å²) < 4.78 is 4.99. The zero-order valence-electron chi connectivity index (χ0n) is 10.9. The van der Waals surface area contributed by atoms with Crippen LogP contribution in [0.3, 0.4) is 0 Å². The van der Waals surface area contributed by atoms with Gasteiger partial charge in [0.1, 0.15) is 5.60 Å². The van der Waals surface area contributed by atoms with Crippen LogP contribution in [0.2, 0.25) is 0 Å². The normalized spacial score (nSPS) is 15.2. The van der Waals surface area contributed by atoms with Crippen molar-refractivity contribution in [3.8, 4) is 0 Å². The molecule has 0 saturated heterocycles. The monoisotopic (exact) mass is 247 g/mol. The number of carbonyl (C=O) groups is 2. The van der Waals surface area contributed by atoms with E-state index in [-0.39, 0.29) is 5.92 Å². The maximum absolute atomic E-state index is 11.5. The van der Waals surface area contributed by atoms with Crippen LogP contribution in [0.25, 0.3) is 0 Å². The van der Waals surface area contributed by atoms with Crippen LogP contribution in [-0.4, -0.2) is 40.0 Å². The molecule has 0 aromatic rings. The SMILES string of the molecule is CC(C)[C@H](NC(=O)OC(C)(C)C)C(O)C(=O)O. The molecular weight excluding hydrogens is 226 g/mol. The van der Waals surface area contributed by atoms with E-state index in [2.05, 4.69) is 5.32 Å². The summed E-state index contributed by atoms with van der Waals surface area (Å²) in [7, 11) is 0. The average Bonchev–Trinajstić information content (AvgIpc) is 2.09. The molecule has 0 heterocycles. The minimum atomic E-state index is -1.65. The summed E-state index contributed by atoms with van der Waals surface area (Å²) in [6.45, 7) is 8.50. The molecule has 6 heteroatoms. The lowest BCUT2D eigenvalue weighted by molar-refractivity contribution is -0.148. The Bertz CT molecular complexity index is 282. The Balaban J connectivity index is 4.57. The smallest absolute Gasteiger partial charge is 0.407 e. The van der Waals surface area contributed by atoms with Gasteiger partial charge in [0.25, 0.3) is 0 Å². The second kappa shape index (κ2) is 5.86. The molecule has 1 amide bonds. The van der Waals surface area contributed by atoms with Crippen LogP contribution < -0.4 is 5.32 Å². The summed E-state index contributed by atoms with van der Waals surface area (Å²) in [5, 5.41) is 20.5. The van der Waals surface area contributed by atoms with Crippen molar-refractivity contribution in [1.29, 1.82) is 0 Å². The molecule has 0 bridgehead atoms. The first-order valence-corrected chi connectivity index (χ1v) is 5.45. The predicted octanol–water partition coefficient (Wildman–Crippen LogP) is 0.981. The first-order valence-electron chi connectivity index (χ1n) is 5.45. The summed E-state index contributed by atoms with van der Waals surface area (Å²) >= 11 is 0. The molecule has 1 unspecified atom stereocenters. The molecule has 0 spiro atoms. The first kappa shape index (κ1) is 15.7. The molecule has 0 rings (SSSR count). The third-order valence-corrected chi connectivity index (χ3v) is 1.99. The molecule has 0 aliphatic heterocycles. The number of nitrogens with one attached hydrogen (secondary N) is 1. The Kier molecular flexibility index (Phi) is 5.41. The number of carboxylic acid groups (broad SMARTS) is 1. The molecule has 100 valence electrons. The molecule has 3 N–H and O–H groups in total. The van der Waals surface area contributed by atoms with Crippen LogP contribution >= 0.6 is 0 Å². The summed E-state index contributed by atoms with van der Waals surface area (Å²) in [4.78, 5) is 22.1. The maximum atomic E-state index is 11.5. The van der Waals surface area contributed by atoms with Crippen LogP contribution in [0.5, 0.6) is 0 Å². The van der Waals surface area contributed by atoms with Gasteiger partial charge in [0.15, 0.2) is 6.10 Å². The van der Waals surface area contributed by atoms with Gasteiger partial charge in [-0.05, 0) is 26.7 Å². The predicted molar refractivity (Wildman–Crippen MR) is 61.6 cm³/mol. The highest BCUT2D eigenvalue weighted by atomic mass is 16.6. The van der Waals surface area contributed by atoms with Gasteiger partial charge in [-0.3, -0.25) is 0 Å². The number of carbonyl (C=O) groups excluding carboxylic acids is 1. The van der Waals surface area contributed by atoms with E-state index >= 15 is 0 Å². The number of aliphatic carboxylic acids is 1. The third kappa shape index (κ3) is 6.11. The lowest BCUT2D eigenvalue weighted by Gasteiger charge is -2.27. The van der Waals surface area contributed by atoms with Crippen molar-refractivity contribution in [2.24, 2.45) is 5.92 Å². The van der Waals surface area contributed by atoms with Crippen molar-refractivity contribution in [2.75, 3.05) is 0 Å². The van der Waals surface area contributed by atoms with Gasteiger partial charge in [0.2, 0.25) is 0 Å². The molecular formula is C11H21NO5. The van der Waals surface area contributed by atoms with E-state index in [0.29, 0.717) is 0 Å². The molecule has 0 fully saturated rings. The van der Waals surface area contributed by atoms with Crippen LogP contribution in [0.15, 0.2) is 0 Å². The lowest BCUT2D eigenvalue weighted by atomic mass is 9.99. The summed E-state index contributed by atoms with van der Waals surface area (Å²) in [6.07, 6.45) is -2.39. The number of hydrogen-bond acceptors (Lipinski definition) is 4. The molecule has 6 nitrogen and oxygen atoms in total. The Morgan fingerprint density at radius 3 is 2.00 bits per heavy atom. The Morgan fingerprint density at radius 1 is 1.24 bits per heavy atom. The lowest BCUT2D eigenvalue weighted by Crippen LogP contribution is -2.51. The van der Waals surface area contributed by atoms with Gasteiger partial charge in [-0.15, -0.1) is 0 Å². The van der Waals surface area contributed by atoms with Crippen molar-refractivity contribution in [2.45, 2.75) is 52.4 Å². The minimum absolute atomic E-state index is 0.228. The van der Waals surface area contributed by atoms with E-state index in [9.17, 15) is 14.7 Å². The summed E-state index contributed by atoms with van der Waals surface area (Å²) in [5.41, 5.74) is -0.667. The molecule has 0 aromatic carbocycles. The molecule has 2 atom stereocenters. The number of amides is 1. The number of hydrogen-bond donors (Lipinski definition) is 3. The van der Waals surface area contributed by atoms with E-state index in [1.54, 1.807) is 34.6 Å². The van der Waals surface area contributed by atoms with Crippen LogP contribution in [0.4, 0.5) is 4.79 Å². The second-order valence-corrected chi connectivity index (χ2v) is 5.20. The fraction of sp³-hybridized carbons (Fsp3) is 0.818. The zero-order chi connectivity index (χ0) is 13.8. The fourth-order valence-corrected chi connectivity index (χ4v) is 1.21. The van der Waals surface area contributed by atoms with E-state index < -0.39 is 29.8 Å². The Hall–Kier alpha value is -1.30. The highest BCUT2D eigenvalue weighted by molar-refractivity contribution is 5.75. The van der Waals surface area contributed by atoms with Crippen molar-refractivity contribution >= 4 is 12.1 Å². The van der Waals surface area contributed by atoms with Gasteiger partial charge in [0.05, 0.1) is 6.04 Å². The van der Waals surface area contributed by atoms with Gasteiger partial charge in [-0.25, -0.2) is 9.59 Å². The molecule has 17 heavy (non-hydrogen) atoms. The Labute approximate surface area is 101 Å². The van der Waals surface area contributed by atoms with Crippen LogP contribution in [0.1, 0.15) is 34.6 Å². The van der Waals surface area contributed by atoms with E-state index in [4.69, 9.17) is 9.84 Å². The highest BCUT2D eigenvalue weighted by Crippen LogP contribution is 2.11. The minimum Gasteiger partial charge on any atom is -0.479 e. The van der Waals surface area contributed by atoms with E-state index in [0.717, 1.165) is 0 Å². The number of aliphatic hydroxyl groups excluding tert-OH is 1. The highest BCUT2D eigenvalue weighted by Gasteiger charge is 2.31. The number of rotatable bonds is 4. The van der Waals surface area contributed by atoms with Gasteiger partial charge in [-0.2, -0.15) is 0 Å². The van der Waals surface area contributed by atoms with Gasteiger partial charge < -0.3 is 20.3 Å². The third-order valence-electron chi connectivity index (χ3n) is 1.99. The van der Waals surface area contributed by atoms with Crippen molar-refractivity contribution in [3.63, 3.8) is 0 Å². The molecule has 0 saturated carbocycles. The van der Waals surface area contributed by atoms with Gasteiger partial charge in [-0.1, -0.05) is 13.8 Å². The molecule has 0 aromatic heterocycles. The zero-order valence-corrected chi connectivity index (χ0v) is 10.9.